The molecule has 1 aliphatic heterocycles. The SMILES string of the molecule is CCC1CCC2(CC1)NC(=O)N(CC(=O)NC[C@@H](C)c1ccccc1)C2=O. The predicted molar refractivity (Wildman–Crippen MR) is 103 cm³/mol. The van der Waals surface area contributed by atoms with Crippen LogP contribution in [0.15, 0.2) is 30.3 Å². The third kappa shape index (κ3) is 4.15. The second kappa shape index (κ2) is 8.11. The van der Waals surface area contributed by atoms with Crippen molar-refractivity contribution in [2.45, 2.75) is 57.4 Å². The predicted octanol–water partition coefficient (Wildman–Crippen LogP) is 2.80. The summed E-state index contributed by atoms with van der Waals surface area (Å²) in [6, 6.07) is 9.48. The highest BCUT2D eigenvalue weighted by atomic mass is 16.2. The number of imide groups is 1. The van der Waals surface area contributed by atoms with E-state index in [0.717, 1.165) is 29.7 Å². The van der Waals surface area contributed by atoms with E-state index in [2.05, 4.69) is 17.6 Å². The summed E-state index contributed by atoms with van der Waals surface area (Å²) in [5, 5.41) is 5.71. The number of rotatable bonds is 6. The summed E-state index contributed by atoms with van der Waals surface area (Å²) in [6.07, 6.45) is 4.32. The average Bonchev–Trinajstić information content (AvgIpc) is 2.91. The van der Waals surface area contributed by atoms with Gasteiger partial charge in [-0.2, -0.15) is 0 Å². The number of amides is 4. The van der Waals surface area contributed by atoms with Crippen LogP contribution in [0, 0.1) is 5.92 Å². The van der Waals surface area contributed by atoms with Gasteiger partial charge in [-0.05, 0) is 43.1 Å². The van der Waals surface area contributed by atoms with Crippen molar-refractivity contribution in [2.75, 3.05) is 13.1 Å². The topological polar surface area (TPSA) is 78.5 Å². The van der Waals surface area contributed by atoms with E-state index in [1.165, 1.54) is 0 Å². The van der Waals surface area contributed by atoms with E-state index in [0.29, 0.717) is 25.3 Å². The molecule has 1 heterocycles. The number of urea groups is 1. The molecule has 6 nitrogen and oxygen atoms in total. The molecule has 1 aromatic carbocycles. The molecule has 2 N–H and O–H groups in total. The highest BCUT2D eigenvalue weighted by Gasteiger charge is 2.52. The number of carbonyl (C=O) groups is 3. The van der Waals surface area contributed by atoms with E-state index < -0.39 is 11.6 Å². The molecular weight excluding hydrogens is 342 g/mol. The number of nitrogens with zero attached hydrogens (tertiary/aromatic N) is 1. The van der Waals surface area contributed by atoms with Gasteiger partial charge in [0.2, 0.25) is 5.91 Å². The molecule has 0 radical (unpaired) electrons. The minimum Gasteiger partial charge on any atom is -0.354 e. The summed E-state index contributed by atoms with van der Waals surface area (Å²) >= 11 is 0. The van der Waals surface area contributed by atoms with Crippen molar-refractivity contribution >= 4 is 17.8 Å². The van der Waals surface area contributed by atoms with Crippen LogP contribution in [-0.2, 0) is 9.59 Å². The van der Waals surface area contributed by atoms with Gasteiger partial charge in [-0.1, -0.05) is 50.6 Å². The molecule has 0 unspecified atom stereocenters. The first kappa shape index (κ1) is 19.4. The Hall–Kier alpha value is -2.37. The zero-order valence-electron chi connectivity index (χ0n) is 16.2. The van der Waals surface area contributed by atoms with E-state index in [-0.39, 0.29) is 24.3 Å². The Morgan fingerprint density at radius 1 is 1.26 bits per heavy atom. The molecule has 1 saturated heterocycles. The van der Waals surface area contributed by atoms with Crippen LogP contribution in [0.3, 0.4) is 0 Å². The van der Waals surface area contributed by atoms with Crippen LogP contribution in [0.2, 0.25) is 0 Å². The average molecular weight is 371 g/mol. The Morgan fingerprint density at radius 2 is 1.93 bits per heavy atom. The Bertz CT molecular complexity index is 696. The molecular formula is C21H29N3O3. The first-order valence-electron chi connectivity index (χ1n) is 9.91. The third-order valence-electron chi connectivity index (χ3n) is 6.06. The zero-order chi connectivity index (χ0) is 19.4. The Balaban J connectivity index is 1.53. The van der Waals surface area contributed by atoms with Gasteiger partial charge in [-0.25, -0.2) is 4.79 Å². The van der Waals surface area contributed by atoms with Crippen LogP contribution in [0.25, 0.3) is 0 Å². The molecule has 2 aliphatic rings. The maximum atomic E-state index is 12.8. The lowest BCUT2D eigenvalue weighted by Gasteiger charge is -2.34. The minimum atomic E-state index is -0.791. The third-order valence-corrected chi connectivity index (χ3v) is 6.06. The molecule has 2 fully saturated rings. The Morgan fingerprint density at radius 3 is 2.56 bits per heavy atom. The van der Waals surface area contributed by atoms with Gasteiger partial charge in [0, 0.05) is 6.54 Å². The number of benzene rings is 1. The van der Waals surface area contributed by atoms with Crippen molar-refractivity contribution < 1.29 is 14.4 Å². The molecule has 4 amide bonds. The lowest BCUT2D eigenvalue weighted by molar-refractivity contribution is -0.136. The van der Waals surface area contributed by atoms with Gasteiger partial charge < -0.3 is 10.6 Å². The van der Waals surface area contributed by atoms with Gasteiger partial charge in [-0.15, -0.1) is 0 Å². The molecule has 1 saturated carbocycles. The molecule has 1 aromatic rings. The number of hydrogen-bond acceptors (Lipinski definition) is 3. The summed E-state index contributed by atoms with van der Waals surface area (Å²) in [5.74, 6) is 0.236. The molecule has 27 heavy (non-hydrogen) atoms. The van der Waals surface area contributed by atoms with Crippen molar-refractivity contribution in [2.24, 2.45) is 5.92 Å². The lowest BCUT2D eigenvalue weighted by atomic mass is 9.75. The van der Waals surface area contributed by atoms with Crippen LogP contribution >= 0.6 is 0 Å². The molecule has 6 heteroatoms. The molecule has 1 aliphatic carbocycles. The second-order valence-corrected chi connectivity index (χ2v) is 7.87. The Labute approximate surface area is 160 Å². The van der Waals surface area contributed by atoms with E-state index in [1.54, 1.807) is 0 Å². The molecule has 1 spiro atoms. The molecule has 0 bridgehead atoms. The van der Waals surface area contributed by atoms with Crippen molar-refractivity contribution in [3.8, 4) is 0 Å². The van der Waals surface area contributed by atoms with Crippen LogP contribution in [0.5, 0.6) is 0 Å². The van der Waals surface area contributed by atoms with Crippen LogP contribution in [0.4, 0.5) is 4.79 Å². The van der Waals surface area contributed by atoms with E-state index in [9.17, 15) is 14.4 Å². The largest absolute Gasteiger partial charge is 0.354 e. The highest BCUT2D eigenvalue weighted by Crippen LogP contribution is 2.37. The van der Waals surface area contributed by atoms with Crippen molar-refractivity contribution in [3.05, 3.63) is 35.9 Å². The van der Waals surface area contributed by atoms with Gasteiger partial charge in [0.25, 0.3) is 5.91 Å². The number of nitrogens with one attached hydrogen (secondary N) is 2. The van der Waals surface area contributed by atoms with E-state index in [1.807, 2.05) is 37.3 Å². The number of hydrogen-bond donors (Lipinski definition) is 2. The summed E-state index contributed by atoms with van der Waals surface area (Å²) in [6.45, 7) is 4.44. The fourth-order valence-electron chi connectivity index (χ4n) is 4.10. The molecule has 146 valence electrons. The Kier molecular flexibility index (Phi) is 5.82. The van der Waals surface area contributed by atoms with Gasteiger partial charge in [0.15, 0.2) is 0 Å². The monoisotopic (exact) mass is 371 g/mol. The van der Waals surface area contributed by atoms with Gasteiger partial charge in [0.05, 0.1) is 0 Å². The zero-order valence-corrected chi connectivity index (χ0v) is 16.2. The number of carbonyl (C=O) groups excluding carboxylic acids is 3. The van der Waals surface area contributed by atoms with Crippen molar-refractivity contribution in [1.82, 2.24) is 15.5 Å². The summed E-state index contributed by atoms with van der Waals surface area (Å²) < 4.78 is 0. The van der Waals surface area contributed by atoms with Crippen LogP contribution in [0.1, 0.15) is 57.4 Å². The highest BCUT2D eigenvalue weighted by molar-refractivity contribution is 6.09. The summed E-state index contributed by atoms with van der Waals surface area (Å²) in [5.41, 5.74) is 0.347. The van der Waals surface area contributed by atoms with Crippen LogP contribution in [-0.4, -0.2) is 41.4 Å². The van der Waals surface area contributed by atoms with E-state index >= 15 is 0 Å². The first-order chi connectivity index (χ1) is 12.9. The van der Waals surface area contributed by atoms with E-state index in [4.69, 9.17) is 0 Å². The van der Waals surface area contributed by atoms with Crippen LogP contribution < -0.4 is 10.6 Å². The summed E-state index contributed by atoms with van der Waals surface area (Å²) in [4.78, 5) is 38.6. The normalized spacial score (nSPS) is 26.1. The van der Waals surface area contributed by atoms with Gasteiger partial charge in [0.1, 0.15) is 12.1 Å². The fourth-order valence-corrected chi connectivity index (χ4v) is 4.10. The maximum absolute atomic E-state index is 12.8. The molecule has 0 aromatic heterocycles. The minimum absolute atomic E-state index is 0.161. The second-order valence-electron chi connectivity index (χ2n) is 7.87. The maximum Gasteiger partial charge on any atom is 0.325 e. The quantitative estimate of drug-likeness (QED) is 0.755. The summed E-state index contributed by atoms with van der Waals surface area (Å²) in [7, 11) is 0. The smallest absolute Gasteiger partial charge is 0.325 e. The standard InChI is InChI=1S/C21H29N3O3/c1-3-16-9-11-21(12-10-16)19(26)24(20(27)23-21)14-18(25)22-13-15(2)17-7-5-4-6-8-17/h4-8,15-16H,3,9-14H2,1-2H3,(H,22,25)(H,23,27)/t15-,16?,21?/m1/s1. The van der Waals surface area contributed by atoms with Crippen molar-refractivity contribution in [1.29, 1.82) is 0 Å². The van der Waals surface area contributed by atoms with Gasteiger partial charge >= 0.3 is 6.03 Å². The lowest BCUT2D eigenvalue weighted by Crippen LogP contribution is -2.50. The molecule has 1 atom stereocenters. The molecule has 3 rings (SSSR count). The fraction of sp³-hybridized carbons (Fsp3) is 0.571. The first-order valence-corrected chi connectivity index (χ1v) is 9.91. The van der Waals surface area contributed by atoms with Gasteiger partial charge in [-0.3, -0.25) is 14.5 Å². The van der Waals surface area contributed by atoms with Crippen molar-refractivity contribution in [3.63, 3.8) is 0 Å².